The zero-order valence-electron chi connectivity index (χ0n) is 10.4. The maximum atomic E-state index is 11.5. The van der Waals surface area contributed by atoms with E-state index in [2.05, 4.69) is 5.32 Å². The Balaban J connectivity index is 2.29. The number of hydrogen-bond donors (Lipinski definition) is 1. The molecule has 0 aliphatic carbocycles. The zero-order chi connectivity index (χ0) is 13.1. The summed E-state index contributed by atoms with van der Waals surface area (Å²) in [7, 11) is 0. The van der Waals surface area contributed by atoms with Crippen molar-refractivity contribution in [1.29, 1.82) is 0 Å². The molecule has 1 aliphatic rings. The van der Waals surface area contributed by atoms with Gasteiger partial charge in [0, 0.05) is 31.7 Å². The normalized spacial score (nSPS) is 15.6. The lowest BCUT2D eigenvalue weighted by atomic mass is 9.97. The molecule has 17 heavy (non-hydrogen) atoms. The summed E-state index contributed by atoms with van der Waals surface area (Å²) in [4.78, 5) is 34.9. The molecule has 94 valence electrons. The van der Waals surface area contributed by atoms with Crippen molar-refractivity contribution in [2.75, 3.05) is 13.1 Å². The molecular formula is C12H18N2O3. The maximum Gasteiger partial charge on any atom is 0.253 e. The van der Waals surface area contributed by atoms with Crippen LogP contribution in [0.5, 0.6) is 0 Å². The molecule has 0 aromatic heterocycles. The summed E-state index contributed by atoms with van der Waals surface area (Å²) in [5.74, 6) is -0.843. The highest BCUT2D eigenvalue weighted by Gasteiger charge is 2.23. The monoisotopic (exact) mass is 238 g/mol. The van der Waals surface area contributed by atoms with Crippen LogP contribution in [0, 0.1) is 5.41 Å². The van der Waals surface area contributed by atoms with Crippen LogP contribution in [-0.2, 0) is 14.4 Å². The van der Waals surface area contributed by atoms with Crippen molar-refractivity contribution < 1.29 is 14.4 Å². The molecule has 0 unspecified atom stereocenters. The lowest BCUT2D eigenvalue weighted by Crippen LogP contribution is -2.37. The lowest BCUT2D eigenvalue weighted by Gasteiger charge is -2.19. The Morgan fingerprint density at radius 1 is 1.24 bits per heavy atom. The van der Waals surface area contributed by atoms with Crippen LogP contribution in [0.15, 0.2) is 12.2 Å². The minimum absolute atomic E-state index is 0.0243. The van der Waals surface area contributed by atoms with Gasteiger partial charge in [0.1, 0.15) is 0 Å². The predicted molar refractivity (Wildman–Crippen MR) is 62.9 cm³/mol. The van der Waals surface area contributed by atoms with Crippen LogP contribution in [0.4, 0.5) is 0 Å². The Kier molecular flexibility index (Phi) is 4.04. The lowest BCUT2D eigenvalue weighted by molar-refractivity contribution is -0.137. The van der Waals surface area contributed by atoms with E-state index in [1.54, 1.807) is 0 Å². The van der Waals surface area contributed by atoms with Crippen molar-refractivity contribution in [3.63, 3.8) is 0 Å². The first-order valence-electron chi connectivity index (χ1n) is 5.60. The Labute approximate surface area is 101 Å². The van der Waals surface area contributed by atoms with Crippen molar-refractivity contribution in [3.8, 4) is 0 Å². The molecule has 3 amide bonds. The summed E-state index contributed by atoms with van der Waals surface area (Å²) in [6, 6.07) is 0. The molecular weight excluding hydrogens is 220 g/mol. The van der Waals surface area contributed by atoms with Crippen molar-refractivity contribution in [2.45, 2.75) is 27.2 Å². The number of carbonyl (C=O) groups excluding carboxylic acids is 3. The van der Waals surface area contributed by atoms with E-state index in [1.165, 1.54) is 12.2 Å². The summed E-state index contributed by atoms with van der Waals surface area (Å²) in [5.41, 5.74) is 0.0243. The van der Waals surface area contributed by atoms with Gasteiger partial charge in [-0.2, -0.15) is 0 Å². The van der Waals surface area contributed by atoms with Gasteiger partial charge in [-0.1, -0.05) is 20.8 Å². The van der Waals surface area contributed by atoms with E-state index in [-0.39, 0.29) is 36.1 Å². The fourth-order valence-corrected chi connectivity index (χ4v) is 1.32. The molecule has 0 saturated heterocycles. The first-order chi connectivity index (χ1) is 7.79. The molecule has 1 heterocycles. The standard InChI is InChI=1S/C12H18N2O3/c1-12(2,3)8-13-9(15)6-7-14-10(16)4-5-11(14)17/h4-5H,6-8H2,1-3H3,(H,13,15). The number of hydrogen-bond acceptors (Lipinski definition) is 3. The number of carbonyl (C=O) groups is 3. The van der Waals surface area contributed by atoms with Gasteiger partial charge in [0.2, 0.25) is 5.91 Å². The molecule has 0 spiro atoms. The molecule has 0 radical (unpaired) electrons. The molecule has 1 N–H and O–H groups in total. The van der Waals surface area contributed by atoms with Crippen LogP contribution in [0.3, 0.4) is 0 Å². The molecule has 0 bridgehead atoms. The van der Waals surface area contributed by atoms with Crippen LogP contribution in [0.1, 0.15) is 27.2 Å². The Morgan fingerprint density at radius 2 is 1.76 bits per heavy atom. The first kappa shape index (κ1) is 13.4. The second kappa shape index (κ2) is 5.12. The average Bonchev–Trinajstić information content (AvgIpc) is 2.52. The van der Waals surface area contributed by atoms with Crippen LogP contribution >= 0.6 is 0 Å². The highest BCUT2D eigenvalue weighted by molar-refractivity contribution is 6.13. The quantitative estimate of drug-likeness (QED) is 0.724. The van der Waals surface area contributed by atoms with Crippen LogP contribution < -0.4 is 5.32 Å². The topological polar surface area (TPSA) is 66.5 Å². The summed E-state index contributed by atoms with van der Waals surface area (Å²) in [6.45, 7) is 6.77. The molecule has 1 aliphatic heterocycles. The largest absolute Gasteiger partial charge is 0.356 e. The first-order valence-corrected chi connectivity index (χ1v) is 5.60. The average molecular weight is 238 g/mol. The van der Waals surface area contributed by atoms with E-state index < -0.39 is 0 Å². The SMILES string of the molecule is CC(C)(C)CNC(=O)CCN1C(=O)C=CC1=O. The number of imide groups is 1. The molecule has 0 aromatic rings. The third kappa shape index (κ3) is 4.38. The van der Waals surface area contributed by atoms with E-state index in [4.69, 9.17) is 0 Å². The summed E-state index contributed by atoms with van der Waals surface area (Å²) in [5, 5.41) is 2.77. The second-order valence-electron chi connectivity index (χ2n) is 5.25. The van der Waals surface area contributed by atoms with Gasteiger partial charge in [0.25, 0.3) is 11.8 Å². The minimum atomic E-state index is -0.348. The Morgan fingerprint density at radius 3 is 2.24 bits per heavy atom. The fraction of sp³-hybridized carbons (Fsp3) is 0.583. The van der Waals surface area contributed by atoms with Gasteiger partial charge in [0.15, 0.2) is 0 Å². The fourth-order valence-electron chi connectivity index (χ4n) is 1.32. The number of rotatable bonds is 4. The highest BCUT2D eigenvalue weighted by Crippen LogP contribution is 2.10. The smallest absolute Gasteiger partial charge is 0.253 e. The maximum absolute atomic E-state index is 11.5. The van der Waals surface area contributed by atoms with Crippen molar-refractivity contribution in [2.24, 2.45) is 5.41 Å². The van der Waals surface area contributed by atoms with E-state index in [9.17, 15) is 14.4 Å². The van der Waals surface area contributed by atoms with Crippen molar-refractivity contribution in [3.05, 3.63) is 12.2 Å². The second-order valence-corrected chi connectivity index (χ2v) is 5.25. The van der Waals surface area contributed by atoms with Gasteiger partial charge < -0.3 is 5.32 Å². The van der Waals surface area contributed by atoms with E-state index in [0.29, 0.717) is 6.54 Å². The minimum Gasteiger partial charge on any atom is -0.356 e. The zero-order valence-corrected chi connectivity index (χ0v) is 10.4. The van der Waals surface area contributed by atoms with Crippen molar-refractivity contribution >= 4 is 17.7 Å². The molecule has 5 heteroatoms. The third-order valence-corrected chi connectivity index (χ3v) is 2.28. The summed E-state index contributed by atoms with van der Waals surface area (Å²) < 4.78 is 0. The van der Waals surface area contributed by atoms with Crippen LogP contribution in [-0.4, -0.2) is 35.7 Å². The van der Waals surface area contributed by atoms with E-state index >= 15 is 0 Å². The van der Waals surface area contributed by atoms with Gasteiger partial charge in [-0.3, -0.25) is 19.3 Å². The van der Waals surface area contributed by atoms with E-state index in [1.807, 2.05) is 20.8 Å². The summed E-state index contributed by atoms with van der Waals surface area (Å²) >= 11 is 0. The highest BCUT2D eigenvalue weighted by atomic mass is 16.2. The Hall–Kier alpha value is -1.65. The van der Waals surface area contributed by atoms with E-state index in [0.717, 1.165) is 4.90 Å². The molecule has 5 nitrogen and oxygen atoms in total. The molecule has 0 aromatic carbocycles. The number of nitrogens with one attached hydrogen (secondary N) is 1. The molecule has 0 fully saturated rings. The van der Waals surface area contributed by atoms with Gasteiger partial charge in [-0.05, 0) is 5.41 Å². The summed E-state index contributed by atoms with van der Waals surface area (Å²) in [6.07, 6.45) is 2.58. The predicted octanol–water partition coefficient (Wildman–Crippen LogP) is 0.464. The number of nitrogens with zero attached hydrogens (tertiary/aromatic N) is 1. The third-order valence-electron chi connectivity index (χ3n) is 2.28. The van der Waals surface area contributed by atoms with Crippen molar-refractivity contribution in [1.82, 2.24) is 10.2 Å². The van der Waals surface area contributed by atoms with Crippen LogP contribution in [0.2, 0.25) is 0 Å². The van der Waals surface area contributed by atoms with Crippen LogP contribution in [0.25, 0.3) is 0 Å². The Bertz CT molecular complexity index is 348. The van der Waals surface area contributed by atoms with Gasteiger partial charge >= 0.3 is 0 Å². The molecule has 0 saturated carbocycles. The van der Waals surface area contributed by atoms with Gasteiger partial charge in [0.05, 0.1) is 0 Å². The number of amides is 3. The van der Waals surface area contributed by atoms with Gasteiger partial charge in [-0.25, -0.2) is 0 Å². The molecule has 1 rings (SSSR count). The van der Waals surface area contributed by atoms with Gasteiger partial charge in [-0.15, -0.1) is 0 Å². The molecule has 0 atom stereocenters.